The number of carbonyl (C=O) groups is 1. The Bertz CT molecular complexity index is 682. The minimum absolute atomic E-state index is 0.0680. The second-order valence-corrected chi connectivity index (χ2v) is 6.24. The standard InChI is InChI=1S/C18H19BrN2O2/c1-13(2)16-5-3-4-6-17(16)23-12-18(22)21-20-11-14-7-9-15(19)10-8-14/h3-11,13H,12H2,1-2H3,(H,21,22)/b20-11+. The van der Waals surface area contributed by atoms with Crippen LogP contribution in [0.4, 0.5) is 0 Å². The monoisotopic (exact) mass is 374 g/mol. The maximum atomic E-state index is 11.8. The van der Waals surface area contributed by atoms with Crippen LogP contribution in [-0.4, -0.2) is 18.7 Å². The van der Waals surface area contributed by atoms with E-state index in [0.717, 1.165) is 21.3 Å². The van der Waals surface area contributed by atoms with Gasteiger partial charge in [-0.25, -0.2) is 5.43 Å². The lowest BCUT2D eigenvalue weighted by molar-refractivity contribution is -0.123. The molecule has 2 aromatic carbocycles. The SMILES string of the molecule is CC(C)c1ccccc1OCC(=O)N/N=C/c1ccc(Br)cc1. The molecular formula is C18H19BrN2O2. The number of rotatable bonds is 6. The number of hydrazone groups is 1. The van der Waals surface area contributed by atoms with E-state index in [-0.39, 0.29) is 12.5 Å². The molecule has 0 aliphatic carbocycles. The van der Waals surface area contributed by atoms with Gasteiger partial charge >= 0.3 is 0 Å². The van der Waals surface area contributed by atoms with E-state index in [4.69, 9.17) is 4.74 Å². The molecule has 1 amide bonds. The summed E-state index contributed by atoms with van der Waals surface area (Å²) in [6, 6.07) is 15.3. The summed E-state index contributed by atoms with van der Waals surface area (Å²) in [5, 5.41) is 3.92. The summed E-state index contributed by atoms with van der Waals surface area (Å²) in [6.07, 6.45) is 1.59. The predicted octanol–water partition coefficient (Wildman–Crippen LogP) is 4.10. The van der Waals surface area contributed by atoms with Crippen molar-refractivity contribution < 1.29 is 9.53 Å². The van der Waals surface area contributed by atoms with E-state index in [9.17, 15) is 4.79 Å². The molecule has 2 rings (SSSR count). The number of hydrogen-bond acceptors (Lipinski definition) is 3. The van der Waals surface area contributed by atoms with Gasteiger partial charge in [-0.15, -0.1) is 0 Å². The first-order valence-electron chi connectivity index (χ1n) is 7.35. The lowest BCUT2D eigenvalue weighted by Crippen LogP contribution is -2.24. The molecule has 0 aliphatic heterocycles. The Morgan fingerprint density at radius 2 is 1.91 bits per heavy atom. The van der Waals surface area contributed by atoms with Crippen LogP contribution in [0, 0.1) is 0 Å². The molecule has 0 saturated heterocycles. The molecule has 0 atom stereocenters. The summed E-state index contributed by atoms with van der Waals surface area (Å²) >= 11 is 3.36. The van der Waals surface area contributed by atoms with Crippen LogP contribution in [0.3, 0.4) is 0 Å². The number of hydrogen-bond donors (Lipinski definition) is 1. The number of amides is 1. The van der Waals surface area contributed by atoms with Crippen LogP contribution in [0.5, 0.6) is 5.75 Å². The average Bonchev–Trinajstić information content (AvgIpc) is 2.55. The molecule has 1 N–H and O–H groups in total. The molecule has 4 nitrogen and oxygen atoms in total. The Labute approximate surface area is 144 Å². The van der Waals surface area contributed by atoms with Gasteiger partial charge in [0.15, 0.2) is 6.61 Å². The van der Waals surface area contributed by atoms with E-state index in [1.807, 2.05) is 48.5 Å². The van der Waals surface area contributed by atoms with Crippen molar-refractivity contribution in [1.29, 1.82) is 0 Å². The molecular weight excluding hydrogens is 356 g/mol. The van der Waals surface area contributed by atoms with Crippen molar-refractivity contribution in [2.24, 2.45) is 5.10 Å². The smallest absolute Gasteiger partial charge is 0.277 e. The molecule has 0 aromatic heterocycles. The van der Waals surface area contributed by atoms with Gasteiger partial charge in [0.25, 0.3) is 5.91 Å². The van der Waals surface area contributed by atoms with Gasteiger partial charge < -0.3 is 4.74 Å². The van der Waals surface area contributed by atoms with Crippen molar-refractivity contribution in [3.63, 3.8) is 0 Å². The largest absolute Gasteiger partial charge is 0.483 e. The maximum Gasteiger partial charge on any atom is 0.277 e. The topological polar surface area (TPSA) is 50.7 Å². The van der Waals surface area contributed by atoms with Gasteiger partial charge in [0.05, 0.1) is 6.21 Å². The van der Waals surface area contributed by atoms with E-state index in [1.54, 1.807) is 6.21 Å². The van der Waals surface area contributed by atoms with Gasteiger partial charge in [-0.3, -0.25) is 4.79 Å². The van der Waals surface area contributed by atoms with Gasteiger partial charge in [0.2, 0.25) is 0 Å². The molecule has 0 bridgehead atoms. The normalized spacial score (nSPS) is 11.0. The van der Waals surface area contributed by atoms with Gasteiger partial charge in [-0.1, -0.05) is 60.1 Å². The summed E-state index contributed by atoms with van der Waals surface area (Å²) < 4.78 is 6.58. The molecule has 23 heavy (non-hydrogen) atoms. The molecule has 0 radical (unpaired) electrons. The third-order valence-corrected chi connectivity index (χ3v) is 3.70. The number of para-hydroxylation sites is 1. The first-order chi connectivity index (χ1) is 11.1. The van der Waals surface area contributed by atoms with Crippen LogP contribution in [0.15, 0.2) is 58.1 Å². The number of ether oxygens (including phenoxy) is 1. The zero-order valence-corrected chi connectivity index (χ0v) is 14.7. The minimum atomic E-state index is -0.295. The lowest BCUT2D eigenvalue weighted by atomic mass is 10.0. The van der Waals surface area contributed by atoms with Gasteiger partial charge in [-0.05, 0) is 35.2 Å². The lowest BCUT2D eigenvalue weighted by Gasteiger charge is -2.12. The van der Waals surface area contributed by atoms with E-state index < -0.39 is 0 Å². The van der Waals surface area contributed by atoms with Crippen molar-refractivity contribution >= 4 is 28.1 Å². The molecule has 0 aliphatic rings. The quantitative estimate of drug-likeness (QED) is 0.611. The van der Waals surface area contributed by atoms with Crippen molar-refractivity contribution in [2.75, 3.05) is 6.61 Å². The van der Waals surface area contributed by atoms with Crippen LogP contribution < -0.4 is 10.2 Å². The zero-order valence-electron chi connectivity index (χ0n) is 13.1. The zero-order chi connectivity index (χ0) is 16.7. The third-order valence-electron chi connectivity index (χ3n) is 3.17. The molecule has 120 valence electrons. The predicted molar refractivity (Wildman–Crippen MR) is 95.9 cm³/mol. The van der Waals surface area contributed by atoms with Crippen molar-refractivity contribution in [3.8, 4) is 5.75 Å². The molecule has 2 aromatic rings. The van der Waals surface area contributed by atoms with E-state index in [2.05, 4.69) is 40.3 Å². The van der Waals surface area contributed by atoms with Gasteiger partial charge in [0.1, 0.15) is 5.75 Å². The maximum absolute atomic E-state index is 11.8. The fourth-order valence-corrected chi connectivity index (χ4v) is 2.26. The second kappa shape index (κ2) is 8.48. The summed E-state index contributed by atoms with van der Waals surface area (Å²) in [5.74, 6) is 0.774. The van der Waals surface area contributed by atoms with Gasteiger partial charge in [-0.2, -0.15) is 5.10 Å². The highest BCUT2D eigenvalue weighted by atomic mass is 79.9. The Kier molecular flexibility index (Phi) is 6.35. The van der Waals surface area contributed by atoms with Crippen molar-refractivity contribution in [3.05, 3.63) is 64.1 Å². The van der Waals surface area contributed by atoms with Crippen molar-refractivity contribution in [2.45, 2.75) is 19.8 Å². The molecule has 0 unspecified atom stereocenters. The fourth-order valence-electron chi connectivity index (χ4n) is 1.99. The van der Waals surface area contributed by atoms with E-state index in [1.165, 1.54) is 0 Å². The highest BCUT2D eigenvalue weighted by Crippen LogP contribution is 2.25. The third kappa shape index (κ3) is 5.53. The first-order valence-corrected chi connectivity index (χ1v) is 8.15. The van der Waals surface area contributed by atoms with Crippen LogP contribution in [0.25, 0.3) is 0 Å². The fraction of sp³-hybridized carbons (Fsp3) is 0.222. The second-order valence-electron chi connectivity index (χ2n) is 5.33. The highest BCUT2D eigenvalue weighted by molar-refractivity contribution is 9.10. The molecule has 0 spiro atoms. The summed E-state index contributed by atoms with van der Waals surface area (Å²) in [5.41, 5.74) is 4.44. The van der Waals surface area contributed by atoms with Crippen molar-refractivity contribution in [1.82, 2.24) is 5.43 Å². The molecule has 0 saturated carbocycles. The summed E-state index contributed by atoms with van der Waals surface area (Å²) in [4.78, 5) is 11.8. The highest BCUT2D eigenvalue weighted by Gasteiger charge is 2.08. The first kappa shape index (κ1) is 17.2. The number of nitrogens with one attached hydrogen (secondary N) is 1. The number of carbonyl (C=O) groups excluding carboxylic acids is 1. The van der Waals surface area contributed by atoms with Crippen LogP contribution in [-0.2, 0) is 4.79 Å². The van der Waals surface area contributed by atoms with E-state index >= 15 is 0 Å². The summed E-state index contributed by atoms with van der Waals surface area (Å²) in [7, 11) is 0. The Morgan fingerprint density at radius 1 is 1.22 bits per heavy atom. The minimum Gasteiger partial charge on any atom is -0.483 e. The van der Waals surface area contributed by atoms with Crippen LogP contribution in [0.1, 0.15) is 30.9 Å². The molecule has 0 heterocycles. The average molecular weight is 375 g/mol. The Balaban J connectivity index is 1.85. The summed E-state index contributed by atoms with van der Waals surface area (Å²) in [6.45, 7) is 4.11. The Hall–Kier alpha value is -2.14. The van der Waals surface area contributed by atoms with Gasteiger partial charge in [0, 0.05) is 4.47 Å². The Morgan fingerprint density at radius 3 is 2.61 bits per heavy atom. The van der Waals surface area contributed by atoms with Crippen LogP contribution >= 0.6 is 15.9 Å². The number of benzene rings is 2. The molecule has 5 heteroatoms. The van der Waals surface area contributed by atoms with Crippen LogP contribution in [0.2, 0.25) is 0 Å². The molecule has 0 fully saturated rings. The number of halogens is 1. The van der Waals surface area contributed by atoms with E-state index in [0.29, 0.717) is 5.92 Å². The number of nitrogens with zero attached hydrogens (tertiary/aromatic N) is 1.